The number of rotatable bonds is 3. The zero-order chi connectivity index (χ0) is 17.5. The van der Waals surface area contributed by atoms with Gasteiger partial charge in [-0.2, -0.15) is 0 Å². The summed E-state index contributed by atoms with van der Waals surface area (Å²) in [5.74, 6) is 0. The van der Waals surface area contributed by atoms with Crippen LogP contribution in [0.2, 0.25) is 0 Å². The van der Waals surface area contributed by atoms with E-state index in [1.807, 2.05) is 6.20 Å². The van der Waals surface area contributed by atoms with E-state index in [0.717, 1.165) is 22.5 Å². The van der Waals surface area contributed by atoms with Gasteiger partial charge in [-0.15, -0.1) is 0 Å². The molecule has 0 aliphatic heterocycles. The Kier molecular flexibility index (Phi) is 4.07. The van der Waals surface area contributed by atoms with E-state index in [1.54, 1.807) is 12.1 Å². The van der Waals surface area contributed by atoms with Crippen LogP contribution in [0.3, 0.4) is 0 Å². The molecule has 3 rings (SSSR count). The molecule has 2 N–H and O–H groups in total. The Morgan fingerprint density at radius 3 is 2.08 bits per heavy atom. The maximum atomic E-state index is 11.4. The van der Waals surface area contributed by atoms with E-state index < -0.39 is 10.0 Å². The molecule has 0 aliphatic rings. The van der Waals surface area contributed by atoms with Gasteiger partial charge in [-0.05, 0) is 79.4 Å². The van der Waals surface area contributed by atoms with Gasteiger partial charge in [-0.3, -0.25) is 0 Å². The van der Waals surface area contributed by atoms with Crippen LogP contribution in [0.25, 0.3) is 16.9 Å². The van der Waals surface area contributed by atoms with Crippen LogP contribution in [0.4, 0.5) is 0 Å². The third-order valence-electron chi connectivity index (χ3n) is 4.31. The lowest BCUT2D eigenvalue weighted by molar-refractivity contribution is 0.598. The molecule has 0 amide bonds. The molecule has 0 atom stereocenters. The van der Waals surface area contributed by atoms with Gasteiger partial charge in [0.25, 0.3) is 0 Å². The topological polar surface area (TPSA) is 65.1 Å². The zero-order valence-electron chi connectivity index (χ0n) is 13.9. The first kappa shape index (κ1) is 16.5. The summed E-state index contributed by atoms with van der Waals surface area (Å²) in [4.78, 5) is 0.114. The number of aryl methyl sites for hydroxylation is 3. The van der Waals surface area contributed by atoms with Crippen LogP contribution in [0, 0.1) is 20.8 Å². The number of hydrogen-bond acceptors (Lipinski definition) is 2. The minimum atomic E-state index is -3.68. The van der Waals surface area contributed by atoms with E-state index in [4.69, 9.17) is 5.14 Å². The van der Waals surface area contributed by atoms with Gasteiger partial charge in [-0.25, -0.2) is 13.6 Å². The third kappa shape index (κ3) is 3.00. The highest BCUT2D eigenvalue weighted by molar-refractivity contribution is 7.89. The van der Waals surface area contributed by atoms with Crippen molar-refractivity contribution in [1.29, 1.82) is 0 Å². The van der Waals surface area contributed by atoms with Crippen LogP contribution in [0.1, 0.15) is 16.7 Å². The van der Waals surface area contributed by atoms with Gasteiger partial charge < -0.3 is 4.57 Å². The predicted molar refractivity (Wildman–Crippen MR) is 96.8 cm³/mol. The van der Waals surface area contributed by atoms with Crippen LogP contribution < -0.4 is 5.14 Å². The Labute approximate surface area is 142 Å². The largest absolute Gasteiger partial charge is 0.316 e. The monoisotopic (exact) mass is 340 g/mol. The molecule has 1 aromatic heterocycles. The maximum absolute atomic E-state index is 11.4. The second-order valence-electron chi connectivity index (χ2n) is 6.06. The van der Waals surface area contributed by atoms with Crippen molar-refractivity contribution in [3.63, 3.8) is 0 Å². The van der Waals surface area contributed by atoms with Crippen molar-refractivity contribution in [3.8, 4) is 16.9 Å². The van der Waals surface area contributed by atoms with E-state index in [2.05, 4.69) is 49.6 Å². The molecule has 4 nitrogen and oxygen atoms in total. The quantitative estimate of drug-likeness (QED) is 0.790. The highest BCUT2D eigenvalue weighted by Gasteiger charge is 2.12. The molecule has 3 aromatic rings. The van der Waals surface area contributed by atoms with Crippen LogP contribution >= 0.6 is 0 Å². The number of nitrogens with zero attached hydrogens (tertiary/aromatic N) is 1. The van der Waals surface area contributed by atoms with Crippen molar-refractivity contribution in [2.75, 3.05) is 0 Å². The van der Waals surface area contributed by atoms with E-state index in [1.165, 1.54) is 23.3 Å². The molecule has 0 unspecified atom stereocenters. The predicted octanol–water partition coefficient (Wildman–Crippen LogP) is 3.72. The second kappa shape index (κ2) is 5.92. The maximum Gasteiger partial charge on any atom is 0.238 e. The Morgan fingerprint density at radius 1 is 0.833 bits per heavy atom. The van der Waals surface area contributed by atoms with Crippen LogP contribution in [-0.4, -0.2) is 13.0 Å². The molecule has 0 radical (unpaired) electrons. The summed E-state index contributed by atoms with van der Waals surface area (Å²) in [5.41, 5.74) is 6.78. The van der Waals surface area contributed by atoms with Crippen molar-refractivity contribution in [2.45, 2.75) is 25.7 Å². The molecule has 0 aliphatic carbocycles. The standard InChI is InChI=1S/C19H20N2O2S/c1-13-4-5-16(12-15(13)3)19-14(2)10-11-21(19)17-6-8-18(9-7-17)24(20,22)23/h4-12H,1-3H3,(H2,20,22,23). The molecule has 0 saturated carbocycles. The van der Waals surface area contributed by atoms with E-state index in [9.17, 15) is 8.42 Å². The first-order valence-electron chi connectivity index (χ1n) is 7.66. The first-order chi connectivity index (χ1) is 11.3. The molecule has 24 heavy (non-hydrogen) atoms. The van der Waals surface area contributed by atoms with E-state index in [-0.39, 0.29) is 4.90 Å². The lowest BCUT2D eigenvalue weighted by Gasteiger charge is -2.13. The fourth-order valence-electron chi connectivity index (χ4n) is 2.80. The summed E-state index contributed by atoms with van der Waals surface area (Å²) in [6.07, 6.45) is 1.99. The van der Waals surface area contributed by atoms with Gasteiger partial charge in [0, 0.05) is 11.9 Å². The van der Waals surface area contributed by atoms with Crippen molar-refractivity contribution in [1.82, 2.24) is 4.57 Å². The Balaban J connectivity index is 2.12. The van der Waals surface area contributed by atoms with Crippen molar-refractivity contribution in [2.24, 2.45) is 5.14 Å². The smallest absolute Gasteiger partial charge is 0.238 e. The number of hydrogen-bond donors (Lipinski definition) is 1. The second-order valence-corrected chi connectivity index (χ2v) is 7.62. The first-order valence-corrected chi connectivity index (χ1v) is 9.21. The van der Waals surface area contributed by atoms with Crippen LogP contribution in [0.15, 0.2) is 59.6 Å². The van der Waals surface area contributed by atoms with Gasteiger partial charge in [0.1, 0.15) is 0 Å². The number of nitrogens with two attached hydrogens (primary N) is 1. The minimum absolute atomic E-state index is 0.114. The average Bonchev–Trinajstić information content (AvgIpc) is 2.91. The molecular weight excluding hydrogens is 320 g/mol. The normalized spacial score (nSPS) is 11.7. The minimum Gasteiger partial charge on any atom is -0.316 e. The molecule has 0 spiro atoms. The van der Waals surface area contributed by atoms with Crippen molar-refractivity contribution < 1.29 is 8.42 Å². The van der Waals surface area contributed by atoms with Gasteiger partial charge >= 0.3 is 0 Å². The zero-order valence-corrected chi connectivity index (χ0v) is 14.8. The van der Waals surface area contributed by atoms with Gasteiger partial charge in [0.15, 0.2) is 0 Å². The SMILES string of the molecule is Cc1ccc(-c2c(C)ccn2-c2ccc(S(N)(=O)=O)cc2)cc1C. The van der Waals surface area contributed by atoms with Crippen molar-refractivity contribution >= 4 is 10.0 Å². The molecule has 0 bridgehead atoms. The van der Waals surface area contributed by atoms with Gasteiger partial charge in [-0.1, -0.05) is 12.1 Å². The Hall–Kier alpha value is -2.37. The summed E-state index contributed by atoms with van der Waals surface area (Å²) in [6, 6.07) is 15.1. The number of sulfonamides is 1. The molecule has 0 fully saturated rings. The molecular formula is C19H20N2O2S. The molecule has 124 valence electrons. The van der Waals surface area contributed by atoms with Crippen LogP contribution in [-0.2, 0) is 10.0 Å². The summed E-state index contributed by atoms with van der Waals surface area (Å²) >= 11 is 0. The number of aromatic nitrogens is 1. The van der Waals surface area contributed by atoms with Gasteiger partial charge in [0.05, 0.1) is 10.6 Å². The highest BCUT2D eigenvalue weighted by Crippen LogP contribution is 2.29. The number of primary sulfonamides is 1. The van der Waals surface area contributed by atoms with E-state index >= 15 is 0 Å². The lowest BCUT2D eigenvalue weighted by Crippen LogP contribution is -2.12. The molecule has 0 saturated heterocycles. The Bertz CT molecular complexity index is 1000. The summed E-state index contributed by atoms with van der Waals surface area (Å²) in [5, 5.41) is 5.17. The van der Waals surface area contributed by atoms with Crippen molar-refractivity contribution in [3.05, 3.63) is 71.4 Å². The Morgan fingerprint density at radius 2 is 1.50 bits per heavy atom. The summed E-state index contributed by atoms with van der Waals surface area (Å²) in [6.45, 7) is 6.26. The fourth-order valence-corrected chi connectivity index (χ4v) is 3.31. The average molecular weight is 340 g/mol. The third-order valence-corrected chi connectivity index (χ3v) is 5.24. The van der Waals surface area contributed by atoms with E-state index in [0.29, 0.717) is 0 Å². The van der Waals surface area contributed by atoms with Crippen LogP contribution in [0.5, 0.6) is 0 Å². The summed E-state index contributed by atoms with van der Waals surface area (Å²) < 4.78 is 24.9. The molecule has 5 heteroatoms. The van der Waals surface area contributed by atoms with Gasteiger partial charge in [0.2, 0.25) is 10.0 Å². The summed E-state index contributed by atoms with van der Waals surface area (Å²) in [7, 11) is -3.68. The number of benzene rings is 2. The fraction of sp³-hybridized carbons (Fsp3) is 0.158. The lowest BCUT2D eigenvalue weighted by atomic mass is 10.0. The molecule has 2 aromatic carbocycles. The molecule has 1 heterocycles. The highest BCUT2D eigenvalue weighted by atomic mass is 32.2.